The van der Waals surface area contributed by atoms with Crippen LogP contribution < -0.4 is 4.74 Å². The molecule has 14 heavy (non-hydrogen) atoms. The SMILES string of the molecule is CCOc1ccc(Br)cc1[C@@H](O)CC. The van der Waals surface area contributed by atoms with Gasteiger partial charge in [0.2, 0.25) is 0 Å². The second-order valence-corrected chi connectivity index (χ2v) is 3.95. The highest BCUT2D eigenvalue weighted by Crippen LogP contribution is 2.30. The number of rotatable bonds is 4. The van der Waals surface area contributed by atoms with Crippen LogP contribution in [-0.2, 0) is 0 Å². The summed E-state index contributed by atoms with van der Waals surface area (Å²) in [7, 11) is 0. The fourth-order valence-corrected chi connectivity index (χ4v) is 1.67. The molecule has 3 heteroatoms. The minimum Gasteiger partial charge on any atom is -0.493 e. The van der Waals surface area contributed by atoms with Crippen LogP contribution in [0.3, 0.4) is 0 Å². The Morgan fingerprint density at radius 1 is 1.43 bits per heavy atom. The lowest BCUT2D eigenvalue weighted by molar-refractivity contribution is 0.167. The predicted octanol–water partition coefficient (Wildman–Crippen LogP) is 3.29. The smallest absolute Gasteiger partial charge is 0.125 e. The first-order chi connectivity index (χ1) is 6.69. The maximum Gasteiger partial charge on any atom is 0.125 e. The Hall–Kier alpha value is -0.540. The summed E-state index contributed by atoms with van der Waals surface area (Å²) in [5.41, 5.74) is 0.851. The summed E-state index contributed by atoms with van der Waals surface area (Å²) in [4.78, 5) is 0. The fraction of sp³-hybridized carbons (Fsp3) is 0.455. The van der Waals surface area contributed by atoms with Crippen LogP contribution in [0.4, 0.5) is 0 Å². The van der Waals surface area contributed by atoms with Crippen LogP contribution in [0, 0.1) is 0 Å². The van der Waals surface area contributed by atoms with E-state index >= 15 is 0 Å². The van der Waals surface area contributed by atoms with Gasteiger partial charge in [0.15, 0.2) is 0 Å². The summed E-state index contributed by atoms with van der Waals surface area (Å²) >= 11 is 3.38. The van der Waals surface area contributed by atoms with E-state index in [0.29, 0.717) is 13.0 Å². The molecule has 0 radical (unpaired) electrons. The van der Waals surface area contributed by atoms with Crippen LogP contribution in [0.2, 0.25) is 0 Å². The summed E-state index contributed by atoms with van der Waals surface area (Å²) in [5.74, 6) is 0.769. The zero-order valence-electron chi connectivity index (χ0n) is 8.46. The van der Waals surface area contributed by atoms with Crippen LogP contribution in [0.25, 0.3) is 0 Å². The van der Waals surface area contributed by atoms with Crippen LogP contribution in [0.5, 0.6) is 5.75 Å². The highest BCUT2D eigenvalue weighted by Gasteiger charge is 2.11. The number of ether oxygens (including phenoxy) is 1. The van der Waals surface area contributed by atoms with Crippen molar-refractivity contribution in [2.24, 2.45) is 0 Å². The van der Waals surface area contributed by atoms with E-state index in [1.165, 1.54) is 0 Å². The molecule has 0 saturated heterocycles. The molecule has 2 nitrogen and oxygen atoms in total. The summed E-state index contributed by atoms with van der Waals surface area (Å²) in [5, 5.41) is 9.76. The van der Waals surface area contributed by atoms with Crippen molar-refractivity contribution in [2.75, 3.05) is 6.61 Å². The minimum absolute atomic E-state index is 0.450. The van der Waals surface area contributed by atoms with Gasteiger partial charge in [-0.05, 0) is 31.5 Å². The molecule has 1 N–H and O–H groups in total. The van der Waals surface area contributed by atoms with E-state index in [-0.39, 0.29) is 0 Å². The molecule has 1 aromatic carbocycles. The molecular weight excluding hydrogens is 244 g/mol. The maximum absolute atomic E-state index is 9.76. The number of halogens is 1. The van der Waals surface area contributed by atoms with Gasteiger partial charge in [-0.1, -0.05) is 22.9 Å². The van der Waals surface area contributed by atoms with Crippen molar-refractivity contribution < 1.29 is 9.84 Å². The zero-order chi connectivity index (χ0) is 10.6. The molecule has 0 bridgehead atoms. The van der Waals surface area contributed by atoms with Gasteiger partial charge in [0.05, 0.1) is 12.7 Å². The molecule has 1 atom stereocenters. The van der Waals surface area contributed by atoms with E-state index in [4.69, 9.17) is 4.74 Å². The van der Waals surface area contributed by atoms with Gasteiger partial charge in [0.1, 0.15) is 5.75 Å². The number of hydrogen-bond donors (Lipinski definition) is 1. The van der Waals surface area contributed by atoms with Gasteiger partial charge in [-0.3, -0.25) is 0 Å². The lowest BCUT2D eigenvalue weighted by Crippen LogP contribution is -2.01. The number of aliphatic hydroxyl groups excluding tert-OH is 1. The van der Waals surface area contributed by atoms with Gasteiger partial charge in [-0.2, -0.15) is 0 Å². The lowest BCUT2D eigenvalue weighted by Gasteiger charge is -2.14. The molecule has 0 aliphatic rings. The van der Waals surface area contributed by atoms with Crippen LogP contribution in [-0.4, -0.2) is 11.7 Å². The number of benzene rings is 1. The average Bonchev–Trinajstić information content (AvgIpc) is 2.20. The molecular formula is C11H15BrO2. The van der Waals surface area contributed by atoms with Crippen molar-refractivity contribution in [3.63, 3.8) is 0 Å². The lowest BCUT2D eigenvalue weighted by atomic mass is 10.1. The van der Waals surface area contributed by atoms with Crippen molar-refractivity contribution in [1.29, 1.82) is 0 Å². The van der Waals surface area contributed by atoms with Gasteiger partial charge < -0.3 is 9.84 Å². The summed E-state index contributed by atoms with van der Waals surface area (Å²) in [6, 6.07) is 5.69. The van der Waals surface area contributed by atoms with Gasteiger partial charge >= 0.3 is 0 Å². The van der Waals surface area contributed by atoms with Crippen LogP contribution in [0.15, 0.2) is 22.7 Å². The van der Waals surface area contributed by atoms with Gasteiger partial charge in [0, 0.05) is 10.0 Å². The maximum atomic E-state index is 9.76. The normalized spacial score (nSPS) is 12.6. The third kappa shape index (κ3) is 2.72. The Balaban J connectivity index is 3.02. The summed E-state index contributed by atoms with van der Waals surface area (Å²) < 4.78 is 6.40. The number of aliphatic hydroxyl groups is 1. The van der Waals surface area contributed by atoms with Gasteiger partial charge in [-0.15, -0.1) is 0 Å². The molecule has 0 unspecified atom stereocenters. The van der Waals surface area contributed by atoms with E-state index < -0.39 is 6.10 Å². The minimum atomic E-state index is -0.450. The molecule has 0 aliphatic heterocycles. The monoisotopic (exact) mass is 258 g/mol. The van der Waals surface area contributed by atoms with Crippen molar-refractivity contribution in [3.8, 4) is 5.75 Å². The van der Waals surface area contributed by atoms with Crippen molar-refractivity contribution in [1.82, 2.24) is 0 Å². The molecule has 0 fully saturated rings. The predicted molar refractivity (Wildman–Crippen MR) is 60.6 cm³/mol. The Labute approximate surface area is 93.0 Å². The Bertz CT molecular complexity index is 299. The first kappa shape index (κ1) is 11.5. The molecule has 78 valence electrons. The van der Waals surface area contributed by atoms with E-state index in [1.807, 2.05) is 32.0 Å². The Morgan fingerprint density at radius 3 is 2.71 bits per heavy atom. The van der Waals surface area contributed by atoms with E-state index in [2.05, 4.69) is 15.9 Å². The summed E-state index contributed by atoms with van der Waals surface area (Å²) in [6.45, 7) is 4.50. The van der Waals surface area contributed by atoms with Gasteiger partial charge in [-0.25, -0.2) is 0 Å². The zero-order valence-corrected chi connectivity index (χ0v) is 10.0. The third-order valence-electron chi connectivity index (χ3n) is 2.02. The molecule has 1 aromatic rings. The highest BCUT2D eigenvalue weighted by atomic mass is 79.9. The highest BCUT2D eigenvalue weighted by molar-refractivity contribution is 9.10. The van der Waals surface area contributed by atoms with E-state index in [0.717, 1.165) is 15.8 Å². The molecule has 1 rings (SSSR count). The van der Waals surface area contributed by atoms with Crippen molar-refractivity contribution in [2.45, 2.75) is 26.4 Å². The molecule has 0 aromatic heterocycles. The molecule has 0 amide bonds. The quantitative estimate of drug-likeness (QED) is 0.899. The first-order valence-electron chi connectivity index (χ1n) is 4.79. The Morgan fingerprint density at radius 2 is 2.14 bits per heavy atom. The first-order valence-corrected chi connectivity index (χ1v) is 5.58. The van der Waals surface area contributed by atoms with Crippen LogP contribution >= 0.6 is 15.9 Å². The second kappa shape index (κ2) is 5.37. The molecule has 0 aliphatic carbocycles. The second-order valence-electron chi connectivity index (χ2n) is 3.04. The summed E-state index contributed by atoms with van der Waals surface area (Å²) in [6.07, 6.45) is 0.241. The van der Waals surface area contributed by atoms with E-state index in [1.54, 1.807) is 0 Å². The van der Waals surface area contributed by atoms with E-state index in [9.17, 15) is 5.11 Å². The molecule has 0 spiro atoms. The standard InChI is InChI=1S/C11H15BrO2/c1-3-10(13)9-7-8(12)5-6-11(9)14-4-2/h5-7,10,13H,3-4H2,1-2H3/t10-/m0/s1. The molecule has 0 heterocycles. The number of hydrogen-bond acceptors (Lipinski definition) is 2. The topological polar surface area (TPSA) is 29.5 Å². The largest absolute Gasteiger partial charge is 0.493 e. The fourth-order valence-electron chi connectivity index (χ4n) is 1.29. The average molecular weight is 259 g/mol. The molecule has 0 saturated carbocycles. The van der Waals surface area contributed by atoms with Crippen molar-refractivity contribution in [3.05, 3.63) is 28.2 Å². The third-order valence-corrected chi connectivity index (χ3v) is 2.51. The Kier molecular flexibility index (Phi) is 4.42. The van der Waals surface area contributed by atoms with Crippen LogP contribution in [0.1, 0.15) is 31.9 Å². The van der Waals surface area contributed by atoms with Crippen molar-refractivity contribution >= 4 is 15.9 Å². The van der Waals surface area contributed by atoms with Gasteiger partial charge in [0.25, 0.3) is 0 Å².